The minimum atomic E-state index is -0.896. The van der Waals surface area contributed by atoms with E-state index in [-0.39, 0.29) is 11.9 Å². The average Bonchev–Trinajstić information content (AvgIpc) is 2.89. The lowest BCUT2D eigenvalue weighted by atomic mass is 10.1. The van der Waals surface area contributed by atoms with Crippen molar-refractivity contribution in [2.24, 2.45) is 0 Å². The lowest BCUT2D eigenvalue weighted by Gasteiger charge is -2.38. The number of carbonyl (C=O) groups is 2. The van der Waals surface area contributed by atoms with Crippen molar-refractivity contribution in [1.29, 1.82) is 0 Å². The molecule has 2 aliphatic rings. The Hall–Kier alpha value is -2.28. The number of carboxylic acid groups (broad SMARTS) is 1. The monoisotopic (exact) mass is 318 g/mol. The number of hydrogen-bond donors (Lipinski definition) is 2. The number of amides is 2. The number of benzene rings is 1. The first-order valence-electron chi connectivity index (χ1n) is 7.86. The highest BCUT2D eigenvalue weighted by Gasteiger charge is 2.30. The van der Waals surface area contributed by atoms with Crippen LogP contribution in [0.1, 0.15) is 12.5 Å². The van der Waals surface area contributed by atoms with Crippen LogP contribution in [0.5, 0.6) is 0 Å². The quantitative estimate of drug-likeness (QED) is 0.789. The van der Waals surface area contributed by atoms with Crippen LogP contribution in [0.25, 0.3) is 0 Å². The van der Waals surface area contributed by atoms with E-state index in [0.29, 0.717) is 38.4 Å². The summed E-state index contributed by atoms with van der Waals surface area (Å²) in [5, 5.41) is 9.11. The summed E-state index contributed by atoms with van der Waals surface area (Å²) in [6.45, 7) is 4.47. The molecule has 0 bridgehead atoms. The van der Waals surface area contributed by atoms with Crippen LogP contribution in [0.2, 0.25) is 0 Å². The Morgan fingerprint density at radius 3 is 2.78 bits per heavy atom. The van der Waals surface area contributed by atoms with Crippen LogP contribution in [-0.4, -0.2) is 65.7 Å². The molecule has 0 aliphatic carbocycles. The first-order chi connectivity index (χ1) is 11.0. The van der Waals surface area contributed by atoms with Gasteiger partial charge in [-0.25, -0.2) is 4.79 Å². The number of nitrogen functional groups attached to an aromatic ring is 1. The van der Waals surface area contributed by atoms with Crippen LogP contribution < -0.4 is 10.6 Å². The second-order valence-corrected chi connectivity index (χ2v) is 6.24. The van der Waals surface area contributed by atoms with Crippen LogP contribution in [0.4, 0.5) is 16.2 Å². The number of nitrogens with two attached hydrogens (primary N) is 1. The Bertz CT molecular complexity index is 634. The normalized spacial score (nSPS) is 21.3. The van der Waals surface area contributed by atoms with Gasteiger partial charge in [-0.05, 0) is 31.0 Å². The van der Waals surface area contributed by atoms with Crippen molar-refractivity contribution in [3.8, 4) is 0 Å². The molecular formula is C16H22N4O3. The predicted molar refractivity (Wildman–Crippen MR) is 87.5 cm³/mol. The third-order valence-electron chi connectivity index (χ3n) is 4.62. The van der Waals surface area contributed by atoms with E-state index < -0.39 is 6.09 Å². The summed E-state index contributed by atoms with van der Waals surface area (Å²) in [6, 6.07) is 5.59. The van der Waals surface area contributed by atoms with Gasteiger partial charge < -0.3 is 20.6 Å². The second-order valence-electron chi connectivity index (χ2n) is 6.24. The molecule has 3 rings (SSSR count). The molecular weight excluding hydrogens is 296 g/mol. The maximum Gasteiger partial charge on any atom is 0.407 e. The maximum atomic E-state index is 12.6. The zero-order valence-corrected chi connectivity index (χ0v) is 13.2. The van der Waals surface area contributed by atoms with Crippen molar-refractivity contribution in [2.45, 2.75) is 19.4 Å². The molecule has 124 valence electrons. The molecule has 2 amide bonds. The zero-order chi connectivity index (χ0) is 16.6. The molecule has 2 aliphatic heterocycles. The molecule has 1 aromatic carbocycles. The third kappa shape index (κ3) is 3.10. The summed E-state index contributed by atoms with van der Waals surface area (Å²) in [7, 11) is 0. The minimum Gasteiger partial charge on any atom is -0.465 e. The van der Waals surface area contributed by atoms with Gasteiger partial charge in [-0.15, -0.1) is 0 Å². The van der Waals surface area contributed by atoms with Gasteiger partial charge in [0.15, 0.2) is 0 Å². The summed E-state index contributed by atoms with van der Waals surface area (Å²) in [5.41, 5.74) is 8.55. The molecule has 3 N–H and O–H groups in total. The Labute approximate surface area is 135 Å². The van der Waals surface area contributed by atoms with Crippen molar-refractivity contribution < 1.29 is 14.7 Å². The van der Waals surface area contributed by atoms with Gasteiger partial charge in [0.2, 0.25) is 5.91 Å². The highest BCUT2D eigenvalue weighted by Crippen LogP contribution is 2.30. The fourth-order valence-electron chi connectivity index (χ4n) is 3.39. The molecule has 0 spiro atoms. The number of carbonyl (C=O) groups excluding carboxylic acids is 1. The van der Waals surface area contributed by atoms with E-state index in [1.165, 1.54) is 4.90 Å². The van der Waals surface area contributed by atoms with Crippen molar-refractivity contribution in [3.63, 3.8) is 0 Å². The molecule has 0 radical (unpaired) electrons. The molecule has 1 saturated heterocycles. The van der Waals surface area contributed by atoms with Crippen LogP contribution >= 0.6 is 0 Å². The molecule has 7 heteroatoms. The molecule has 7 nitrogen and oxygen atoms in total. The van der Waals surface area contributed by atoms with Gasteiger partial charge in [-0.2, -0.15) is 0 Å². The Morgan fingerprint density at radius 2 is 2.09 bits per heavy atom. The number of piperazine rings is 1. The first kappa shape index (κ1) is 15.6. The van der Waals surface area contributed by atoms with E-state index in [9.17, 15) is 9.59 Å². The van der Waals surface area contributed by atoms with Gasteiger partial charge in [0.1, 0.15) is 0 Å². The van der Waals surface area contributed by atoms with Gasteiger partial charge in [-0.1, -0.05) is 6.07 Å². The van der Waals surface area contributed by atoms with E-state index >= 15 is 0 Å². The Morgan fingerprint density at radius 1 is 1.30 bits per heavy atom. The van der Waals surface area contributed by atoms with Gasteiger partial charge in [0, 0.05) is 43.6 Å². The third-order valence-corrected chi connectivity index (χ3v) is 4.62. The molecule has 1 fully saturated rings. The fourth-order valence-corrected chi connectivity index (χ4v) is 3.39. The van der Waals surface area contributed by atoms with Crippen molar-refractivity contribution >= 4 is 23.4 Å². The number of rotatable bonds is 2. The number of nitrogens with zero attached hydrogens (tertiary/aromatic N) is 3. The van der Waals surface area contributed by atoms with E-state index in [2.05, 4.69) is 0 Å². The average molecular weight is 318 g/mol. The number of anilines is 2. The van der Waals surface area contributed by atoms with Gasteiger partial charge in [0.05, 0.1) is 6.54 Å². The number of fused-ring (bicyclic) bond motifs is 1. The van der Waals surface area contributed by atoms with Gasteiger partial charge in [0.25, 0.3) is 0 Å². The van der Waals surface area contributed by atoms with Crippen LogP contribution in [0.15, 0.2) is 18.2 Å². The lowest BCUT2D eigenvalue weighted by molar-refractivity contribution is -0.120. The standard InChI is InChI=1S/C16H22N4O3/c1-11-9-18(6-7-19(11)16(22)23)10-15(21)20-5-4-12-2-3-13(17)8-14(12)20/h2-3,8,11H,4-7,9-10,17H2,1H3,(H,22,23)/t11-/m1/s1. The minimum absolute atomic E-state index is 0.0466. The molecule has 1 aromatic rings. The fraction of sp³-hybridized carbons (Fsp3) is 0.500. The van der Waals surface area contributed by atoms with E-state index in [0.717, 1.165) is 17.7 Å². The largest absolute Gasteiger partial charge is 0.465 e. The molecule has 0 unspecified atom stereocenters. The van der Waals surface area contributed by atoms with Crippen LogP contribution in [0, 0.1) is 0 Å². The highest BCUT2D eigenvalue weighted by molar-refractivity contribution is 5.97. The van der Waals surface area contributed by atoms with Crippen LogP contribution in [-0.2, 0) is 11.2 Å². The summed E-state index contributed by atoms with van der Waals surface area (Å²) < 4.78 is 0. The van der Waals surface area contributed by atoms with Crippen molar-refractivity contribution in [3.05, 3.63) is 23.8 Å². The van der Waals surface area contributed by atoms with E-state index in [4.69, 9.17) is 10.8 Å². The first-order valence-corrected chi connectivity index (χ1v) is 7.86. The van der Waals surface area contributed by atoms with Gasteiger partial charge in [-0.3, -0.25) is 9.69 Å². The summed E-state index contributed by atoms with van der Waals surface area (Å²) in [4.78, 5) is 29.0. The second kappa shape index (κ2) is 6.08. The van der Waals surface area contributed by atoms with Crippen molar-refractivity contribution in [2.75, 3.05) is 43.4 Å². The molecule has 23 heavy (non-hydrogen) atoms. The SMILES string of the molecule is C[C@@H]1CN(CC(=O)N2CCc3ccc(N)cc32)CCN1C(=O)O. The highest BCUT2D eigenvalue weighted by atomic mass is 16.4. The molecule has 0 saturated carbocycles. The summed E-state index contributed by atoms with van der Waals surface area (Å²) in [5.74, 6) is 0.0466. The number of hydrogen-bond acceptors (Lipinski definition) is 4. The summed E-state index contributed by atoms with van der Waals surface area (Å²) >= 11 is 0. The Balaban J connectivity index is 1.63. The Kier molecular flexibility index (Phi) is 4.12. The topological polar surface area (TPSA) is 90.1 Å². The maximum absolute atomic E-state index is 12.6. The smallest absolute Gasteiger partial charge is 0.407 e. The molecule has 2 heterocycles. The van der Waals surface area contributed by atoms with E-state index in [1.807, 2.05) is 30.0 Å². The lowest BCUT2D eigenvalue weighted by Crippen LogP contribution is -2.55. The van der Waals surface area contributed by atoms with E-state index in [1.54, 1.807) is 4.90 Å². The van der Waals surface area contributed by atoms with Crippen molar-refractivity contribution in [1.82, 2.24) is 9.80 Å². The molecule has 0 aromatic heterocycles. The van der Waals surface area contributed by atoms with Gasteiger partial charge >= 0.3 is 6.09 Å². The predicted octanol–water partition coefficient (Wildman–Crippen LogP) is 0.842. The molecule has 1 atom stereocenters. The summed E-state index contributed by atoms with van der Waals surface area (Å²) in [6.07, 6.45) is -0.0442. The zero-order valence-electron chi connectivity index (χ0n) is 13.2. The van der Waals surface area contributed by atoms with Crippen LogP contribution in [0.3, 0.4) is 0 Å².